The molecule has 1 saturated heterocycles. The maximum absolute atomic E-state index is 11.5. The van der Waals surface area contributed by atoms with Crippen LogP contribution in [0.4, 0.5) is 0 Å². The second-order valence-electron chi connectivity index (χ2n) is 3.16. The van der Waals surface area contributed by atoms with Gasteiger partial charge in [0, 0.05) is 16.1 Å². The van der Waals surface area contributed by atoms with Crippen LogP contribution < -0.4 is 0 Å². The van der Waals surface area contributed by atoms with Crippen molar-refractivity contribution in [1.82, 2.24) is 0 Å². The maximum atomic E-state index is 11.5. The van der Waals surface area contributed by atoms with Crippen molar-refractivity contribution < 1.29 is 22.7 Å². The number of hydrogen-bond acceptors (Lipinski definition) is 6. The highest BCUT2D eigenvalue weighted by Gasteiger charge is 2.25. The summed E-state index contributed by atoms with van der Waals surface area (Å²) in [6.07, 6.45) is -0.233. The molecule has 0 radical (unpaired) electrons. The van der Waals surface area contributed by atoms with Crippen LogP contribution in [0.1, 0.15) is 10.4 Å². The van der Waals surface area contributed by atoms with Crippen molar-refractivity contribution in [2.75, 3.05) is 13.2 Å². The van der Waals surface area contributed by atoms with Crippen LogP contribution in [0.15, 0.2) is 15.7 Å². The van der Waals surface area contributed by atoms with Crippen LogP contribution in [-0.2, 0) is 18.5 Å². The molecule has 0 aliphatic carbocycles. The third-order valence-electron chi connectivity index (χ3n) is 1.93. The molecule has 2 heterocycles. The Morgan fingerprint density at radius 2 is 2.25 bits per heavy atom. The molecule has 1 fully saturated rings. The van der Waals surface area contributed by atoms with E-state index in [1.54, 1.807) is 0 Å². The second kappa shape index (κ2) is 4.33. The molecule has 88 valence electrons. The minimum absolute atomic E-state index is 0.0639. The Hall–Kier alpha value is -0.630. The fourth-order valence-corrected chi connectivity index (χ4v) is 2.99. The number of thiophene rings is 1. The summed E-state index contributed by atoms with van der Waals surface area (Å²) in [6, 6.07) is 1.20. The van der Waals surface area contributed by atoms with Gasteiger partial charge in [-0.3, -0.25) is 0 Å². The summed E-state index contributed by atoms with van der Waals surface area (Å²) in [5.41, 5.74) is 0.191. The zero-order valence-corrected chi connectivity index (χ0v) is 10.3. The molecular weight excluding hydrogens is 276 g/mol. The lowest BCUT2D eigenvalue weighted by Gasteiger charge is -2.25. The number of ether oxygens (including phenoxy) is 2. The smallest absolute Gasteiger partial charge is 0.339 e. The van der Waals surface area contributed by atoms with Crippen LogP contribution in [0.25, 0.3) is 0 Å². The van der Waals surface area contributed by atoms with Gasteiger partial charge in [-0.2, -0.15) is 0 Å². The lowest BCUT2D eigenvalue weighted by Crippen LogP contribution is -2.37. The molecular formula is C8H7ClO5S2. The van der Waals surface area contributed by atoms with Gasteiger partial charge in [0.1, 0.15) is 10.3 Å². The van der Waals surface area contributed by atoms with Crippen LogP contribution in [0, 0.1) is 0 Å². The predicted octanol–water partition coefficient (Wildman–Crippen LogP) is 1.23. The summed E-state index contributed by atoms with van der Waals surface area (Å²) in [5.74, 6) is -0.559. The van der Waals surface area contributed by atoms with E-state index >= 15 is 0 Å². The Morgan fingerprint density at radius 1 is 1.56 bits per heavy atom. The summed E-state index contributed by atoms with van der Waals surface area (Å²) < 4.78 is 31.7. The zero-order valence-electron chi connectivity index (χ0n) is 7.88. The highest BCUT2D eigenvalue weighted by Crippen LogP contribution is 2.24. The van der Waals surface area contributed by atoms with Gasteiger partial charge in [-0.1, -0.05) is 0 Å². The Balaban J connectivity index is 2.09. The van der Waals surface area contributed by atoms with Gasteiger partial charge in [0.2, 0.25) is 0 Å². The van der Waals surface area contributed by atoms with E-state index in [1.165, 1.54) is 11.4 Å². The maximum Gasteiger partial charge on any atom is 0.339 e. The molecule has 0 bridgehead atoms. The highest BCUT2D eigenvalue weighted by atomic mass is 35.7. The molecule has 1 aliphatic heterocycles. The zero-order chi connectivity index (χ0) is 11.8. The van der Waals surface area contributed by atoms with Crippen LogP contribution in [-0.4, -0.2) is 33.7 Å². The normalized spacial score (nSPS) is 16.8. The molecule has 0 unspecified atom stereocenters. The van der Waals surface area contributed by atoms with Crippen LogP contribution in [0.5, 0.6) is 0 Å². The standard InChI is InChI=1S/C8H7ClO5S2/c9-16(11,12)7-1-5(4-15-7)8(10)14-6-2-13-3-6/h1,4,6H,2-3H2. The first-order chi connectivity index (χ1) is 7.47. The molecule has 0 amide bonds. The molecule has 1 aromatic rings. The van der Waals surface area contributed by atoms with E-state index in [1.807, 2.05) is 0 Å². The third-order valence-corrected chi connectivity index (χ3v) is 4.97. The number of carbonyl (C=O) groups excluding carboxylic acids is 1. The summed E-state index contributed by atoms with van der Waals surface area (Å²) >= 11 is 0.886. The van der Waals surface area contributed by atoms with Crippen molar-refractivity contribution in [2.45, 2.75) is 10.3 Å². The number of rotatable bonds is 3. The van der Waals surface area contributed by atoms with Crippen molar-refractivity contribution in [3.63, 3.8) is 0 Å². The van der Waals surface area contributed by atoms with Crippen molar-refractivity contribution >= 4 is 37.0 Å². The van der Waals surface area contributed by atoms with E-state index in [9.17, 15) is 13.2 Å². The topological polar surface area (TPSA) is 69.7 Å². The first-order valence-electron chi connectivity index (χ1n) is 4.29. The van der Waals surface area contributed by atoms with E-state index in [0.717, 1.165) is 11.3 Å². The van der Waals surface area contributed by atoms with Crippen molar-refractivity contribution in [2.24, 2.45) is 0 Å². The molecule has 0 N–H and O–H groups in total. The molecule has 0 spiro atoms. The van der Waals surface area contributed by atoms with Crippen molar-refractivity contribution in [3.05, 3.63) is 17.0 Å². The van der Waals surface area contributed by atoms with Gasteiger partial charge in [-0.25, -0.2) is 13.2 Å². The number of carbonyl (C=O) groups is 1. The predicted molar refractivity (Wildman–Crippen MR) is 57.4 cm³/mol. The number of esters is 1. The Kier molecular flexibility index (Phi) is 3.20. The molecule has 1 aromatic heterocycles. The first-order valence-corrected chi connectivity index (χ1v) is 7.47. The van der Waals surface area contributed by atoms with Crippen LogP contribution >= 0.6 is 22.0 Å². The molecule has 0 atom stereocenters. The Bertz CT molecular complexity index is 502. The highest BCUT2D eigenvalue weighted by molar-refractivity contribution is 8.15. The summed E-state index contributed by atoms with van der Waals surface area (Å²) in [4.78, 5) is 11.5. The van der Waals surface area contributed by atoms with E-state index in [-0.39, 0.29) is 15.9 Å². The van der Waals surface area contributed by atoms with Crippen LogP contribution in [0.3, 0.4) is 0 Å². The van der Waals surface area contributed by atoms with Crippen molar-refractivity contribution in [1.29, 1.82) is 0 Å². The fraction of sp³-hybridized carbons (Fsp3) is 0.375. The van der Waals surface area contributed by atoms with Gasteiger partial charge < -0.3 is 9.47 Å². The van der Waals surface area contributed by atoms with Gasteiger partial charge in [-0.15, -0.1) is 11.3 Å². The lowest BCUT2D eigenvalue weighted by atomic mass is 10.3. The average Bonchev–Trinajstić information content (AvgIpc) is 2.58. The fourth-order valence-electron chi connectivity index (χ4n) is 1.05. The minimum atomic E-state index is -3.78. The van der Waals surface area contributed by atoms with E-state index in [0.29, 0.717) is 13.2 Å². The SMILES string of the molecule is O=C(OC1COC1)c1csc(S(=O)(=O)Cl)c1. The van der Waals surface area contributed by atoms with Gasteiger partial charge in [-0.05, 0) is 6.07 Å². The molecule has 0 aromatic carbocycles. The number of halogens is 1. The largest absolute Gasteiger partial charge is 0.454 e. The Labute approximate surface area is 100 Å². The van der Waals surface area contributed by atoms with Crippen molar-refractivity contribution in [3.8, 4) is 0 Å². The minimum Gasteiger partial charge on any atom is -0.454 e. The average molecular weight is 283 g/mol. The summed E-state index contributed by atoms with van der Waals surface area (Å²) in [5, 5.41) is 1.40. The molecule has 5 nitrogen and oxygen atoms in total. The molecule has 2 rings (SSSR count). The van der Waals surface area contributed by atoms with Gasteiger partial charge >= 0.3 is 5.97 Å². The van der Waals surface area contributed by atoms with E-state index in [2.05, 4.69) is 0 Å². The first kappa shape index (κ1) is 11.8. The van der Waals surface area contributed by atoms with Gasteiger partial charge in [0.15, 0.2) is 0 Å². The summed E-state index contributed by atoms with van der Waals surface area (Å²) in [6.45, 7) is 0.771. The molecule has 1 aliphatic rings. The van der Waals surface area contributed by atoms with Crippen LogP contribution in [0.2, 0.25) is 0 Å². The monoisotopic (exact) mass is 282 g/mol. The molecule has 0 saturated carbocycles. The lowest BCUT2D eigenvalue weighted by molar-refractivity contribution is -0.103. The van der Waals surface area contributed by atoms with Gasteiger partial charge in [0.05, 0.1) is 18.8 Å². The number of hydrogen-bond donors (Lipinski definition) is 0. The second-order valence-corrected chi connectivity index (χ2v) is 6.86. The van der Waals surface area contributed by atoms with E-state index < -0.39 is 15.0 Å². The molecule has 16 heavy (non-hydrogen) atoms. The third kappa shape index (κ3) is 2.54. The summed E-state index contributed by atoms with van der Waals surface area (Å²) in [7, 11) is 1.35. The van der Waals surface area contributed by atoms with Gasteiger partial charge in [0.25, 0.3) is 9.05 Å². The van der Waals surface area contributed by atoms with E-state index in [4.69, 9.17) is 20.2 Å². The Morgan fingerprint density at radius 3 is 2.69 bits per heavy atom. The molecule has 8 heteroatoms. The quantitative estimate of drug-likeness (QED) is 0.616.